The highest BCUT2D eigenvalue weighted by molar-refractivity contribution is 14.1. The largest absolute Gasteiger partial charge is 0.316 e. The van der Waals surface area contributed by atoms with Crippen molar-refractivity contribution in [1.29, 1.82) is 0 Å². The van der Waals surface area contributed by atoms with Crippen LogP contribution in [-0.2, 0) is 0 Å². The van der Waals surface area contributed by atoms with Gasteiger partial charge in [0.25, 0.3) is 0 Å². The first-order chi connectivity index (χ1) is 2.56. The highest BCUT2D eigenvalue weighted by Crippen LogP contribution is 2.02. The molecule has 0 atom stereocenters. The Balaban J connectivity index is 0. The zero-order valence-electron chi connectivity index (χ0n) is 4.59. The van der Waals surface area contributed by atoms with Gasteiger partial charge in [0.2, 0.25) is 0 Å². The van der Waals surface area contributed by atoms with Crippen LogP contribution in [0.15, 0.2) is 0 Å². The molecule has 0 aromatic heterocycles. The third kappa shape index (κ3) is 11.3. The number of rotatable bonds is 1. The van der Waals surface area contributed by atoms with Crippen molar-refractivity contribution in [3.8, 4) is 0 Å². The van der Waals surface area contributed by atoms with E-state index in [4.69, 9.17) is 0 Å². The molecule has 0 unspecified atom stereocenters. The van der Waals surface area contributed by atoms with Gasteiger partial charge in [-0.3, -0.25) is 0 Å². The summed E-state index contributed by atoms with van der Waals surface area (Å²) in [5.74, 6) is 0. The lowest BCUT2D eigenvalue weighted by Gasteiger charge is -2.08. The minimum Gasteiger partial charge on any atom is -0.0897 e. The van der Waals surface area contributed by atoms with E-state index in [1.807, 2.05) is 0 Å². The first-order valence-electron chi connectivity index (χ1n) is 2.12. The summed E-state index contributed by atoms with van der Waals surface area (Å²) in [6.45, 7) is 7.12. The van der Waals surface area contributed by atoms with E-state index in [2.05, 4.69) is 42.2 Å². The Labute approximate surface area is 76.7 Å². The molecule has 0 aromatic carbocycles. The van der Waals surface area contributed by atoms with Gasteiger partial charge in [-0.25, -0.2) is 0 Å². The summed E-state index contributed by atoms with van der Waals surface area (Å²) in [7, 11) is -0.645. The average molecular weight is 240 g/mol. The molecule has 0 saturated carbocycles. The van der Waals surface area contributed by atoms with Crippen molar-refractivity contribution in [2.75, 3.05) is 4.05 Å². The van der Waals surface area contributed by atoms with Gasteiger partial charge in [0.15, 0.2) is 0 Å². The summed E-state index contributed by atoms with van der Waals surface area (Å²) in [5.41, 5.74) is 0. The molecule has 0 N–H and O–H groups in total. The SMILES string of the molecule is C[Si](C)(C)CI.[MgH2]. The molecule has 0 amide bonds. The molecular formula is C4H13IMgSi. The molecule has 0 heterocycles. The van der Waals surface area contributed by atoms with Crippen LogP contribution in [-0.4, -0.2) is 35.2 Å². The zero-order chi connectivity index (χ0) is 5.21. The van der Waals surface area contributed by atoms with Crippen LogP contribution in [0.1, 0.15) is 0 Å². The summed E-state index contributed by atoms with van der Waals surface area (Å²) >= 11 is 2.46. The van der Waals surface area contributed by atoms with Crippen LogP contribution in [0.25, 0.3) is 0 Å². The Hall–Kier alpha value is 1.71. The minimum absolute atomic E-state index is 0. The van der Waals surface area contributed by atoms with Gasteiger partial charge >= 0.3 is 23.1 Å². The van der Waals surface area contributed by atoms with Crippen molar-refractivity contribution in [3.63, 3.8) is 0 Å². The van der Waals surface area contributed by atoms with E-state index in [0.717, 1.165) is 0 Å². The van der Waals surface area contributed by atoms with Gasteiger partial charge in [0.05, 0.1) is 8.07 Å². The molecule has 3 heteroatoms. The Morgan fingerprint density at radius 2 is 1.43 bits per heavy atom. The highest BCUT2D eigenvalue weighted by Gasteiger charge is 2.08. The highest BCUT2D eigenvalue weighted by atomic mass is 127. The smallest absolute Gasteiger partial charge is 0.0897 e. The van der Waals surface area contributed by atoms with Crippen LogP contribution < -0.4 is 0 Å². The first-order valence-corrected chi connectivity index (χ1v) is 7.35. The Morgan fingerprint density at radius 3 is 1.43 bits per heavy atom. The lowest BCUT2D eigenvalue weighted by molar-refractivity contribution is 1.70. The van der Waals surface area contributed by atoms with E-state index in [9.17, 15) is 0 Å². The third-order valence-electron chi connectivity index (χ3n) is 0.401. The van der Waals surface area contributed by atoms with Gasteiger partial charge in [0.1, 0.15) is 0 Å². The van der Waals surface area contributed by atoms with Gasteiger partial charge in [-0.15, -0.1) is 0 Å². The maximum Gasteiger partial charge on any atom is 0.316 e. The van der Waals surface area contributed by atoms with Gasteiger partial charge < -0.3 is 0 Å². The number of halogens is 1. The summed E-state index contributed by atoms with van der Waals surface area (Å²) in [5, 5.41) is 0. The Kier molecular flexibility index (Phi) is 7.52. The molecule has 0 aliphatic carbocycles. The topological polar surface area (TPSA) is 0 Å². The standard InChI is InChI=1S/C4H11ISi.Mg.2H/c1-6(2,3)4-5;;;/h4H2,1-3H3;;;. The van der Waals surface area contributed by atoms with E-state index in [1.54, 1.807) is 0 Å². The molecule has 0 radical (unpaired) electrons. The second-order valence-electron chi connectivity index (χ2n) is 2.69. The normalized spacial score (nSPS) is 10.3. The van der Waals surface area contributed by atoms with Crippen LogP contribution >= 0.6 is 22.6 Å². The van der Waals surface area contributed by atoms with E-state index in [-0.39, 0.29) is 23.1 Å². The van der Waals surface area contributed by atoms with Crippen LogP contribution in [0.4, 0.5) is 0 Å². The van der Waals surface area contributed by atoms with E-state index in [1.165, 1.54) is 4.05 Å². The van der Waals surface area contributed by atoms with Crippen molar-refractivity contribution in [1.82, 2.24) is 0 Å². The molecule has 0 nitrogen and oxygen atoms in total. The second-order valence-corrected chi connectivity index (χ2v) is 10.4. The minimum atomic E-state index is -0.645. The molecule has 0 bridgehead atoms. The van der Waals surface area contributed by atoms with E-state index in [0.29, 0.717) is 0 Å². The summed E-state index contributed by atoms with van der Waals surface area (Å²) in [6, 6.07) is 0. The van der Waals surface area contributed by atoms with Crippen molar-refractivity contribution >= 4 is 53.7 Å². The summed E-state index contributed by atoms with van der Waals surface area (Å²) in [6.07, 6.45) is 0. The average Bonchev–Trinajstić information content (AvgIpc) is 1.35. The molecule has 0 aliphatic rings. The number of hydrogen-bond acceptors (Lipinski definition) is 0. The van der Waals surface area contributed by atoms with Crippen molar-refractivity contribution in [3.05, 3.63) is 0 Å². The second kappa shape index (κ2) is 4.58. The molecule has 0 aliphatic heterocycles. The van der Waals surface area contributed by atoms with Gasteiger partial charge in [-0.05, 0) is 4.05 Å². The van der Waals surface area contributed by atoms with Crippen LogP contribution in [0.5, 0.6) is 0 Å². The maximum absolute atomic E-state index is 2.46. The van der Waals surface area contributed by atoms with Gasteiger partial charge in [-0.2, -0.15) is 0 Å². The van der Waals surface area contributed by atoms with E-state index < -0.39 is 8.07 Å². The summed E-state index contributed by atoms with van der Waals surface area (Å²) in [4.78, 5) is 0. The quantitative estimate of drug-likeness (QED) is 0.369. The number of alkyl halides is 1. The van der Waals surface area contributed by atoms with Crippen LogP contribution in [0.2, 0.25) is 19.6 Å². The maximum atomic E-state index is 2.46. The van der Waals surface area contributed by atoms with Gasteiger partial charge in [-0.1, -0.05) is 42.2 Å². The Morgan fingerprint density at radius 1 is 1.29 bits per heavy atom. The fourth-order valence-electron chi connectivity index (χ4n) is 0. The predicted octanol–water partition coefficient (Wildman–Crippen LogP) is 1.38. The number of hydrogen-bond donors (Lipinski definition) is 0. The van der Waals surface area contributed by atoms with Gasteiger partial charge in [0, 0.05) is 0 Å². The van der Waals surface area contributed by atoms with Crippen molar-refractivity contribution < 1.29 is 0 Å². The fourth-order valence-corrected chi connectivity index (χ4v) is 0. The van der Waals surface area contributed by atoms with Crippen molar-refractivity contribution in [2.45, 2.75) is 19.6 Å². The lowest BCUT2D eigenvalue weighted by atomic mass is 11.8. The Bertz CT molecular complexity index is 41.4. The van der Waals surface area contributed by atoms with Crippen LogP contribution in [0, 0.1) is 0 Å². The molecule has 0 rings (SSSR count). The zero-order valence-corrected chi connectivity index (χ0v) is 7.74. The van der Waals surface area contributed by atoms with E-state index >= 15 is 0 Å². The molecule has 0 saturated heterocycles. The predicted molar refractivity (Wildman–Crippen MR) is 50.8 cm³/mol. The van der Waals surface area contributed by atoms with Crippen molar-refractivity contribution in [2.24, 2.45) is 0 Å². The fraction of sp³-hybridized carbons (Fsp3) is 1.00. The molecule has 0 aromatic rings. The molecule has 0 spiro atoms. The molecule has 0 fully saturated rings. The lowest BCUT2D eigenvalue weighted by Crippen LogP contribution is -2.21. The summed E-state index contributed by atoms with van der Waals surface area (Å²) < 4.78 is 1.38. The first kappa shape index (κ1) is 11.5. The molecular weight excluding hydrogens is 227 g/mol. The molecule has 7 heavy (non-hydrogen) atoms. The van der Waals surface area contributed by atoms with Crippen LogP contribution in [0.3, 0.4) is 0 Å². The monoisotopic (exact) mass is 240 g/mol. The third-order valence-corrected chi connectivity index (χ3v) is 8.07. The molecule has 42 valence electrons.